The lowest BCUT2D eigenvalue weighted by Gasteiger charge is -2.17. The first-order valence-electron chi connectivity index (χ1n) is 8.41. The summed E-state index contributed by atoms with van der Waals surface area (Å²) in [6.45, 7) is 0.874. The van der Waals surface area contributed by atoms with E-state index in [1.54, 1.807) is 18.2 Å². The fraction of sp³-hybridized carbons (Fsp3) is 0.143. The molecule has 3 aromatic carbocycles. The average Bonchev–Trinajstić information content (AvgIpc) is 2.89. The van der Waals surface area contributed by atoms with E-state index in [1.807, 2.05) is 42.5 Å². The predicted molar refractivity (Wildman–Crippen MR) is 102 cm³/mol. The first kappa shape index (κ1) is 16.6. The van der Waals surface area contributed by atoms with Gasteiger partial charge in [-0.3, -0.25) is 9.59 Å². The summed E-state index contributed by atoms with van der Waals surface area (Å²) in [6.07, 6.45) is 0.615. The number of hydrogen-bond acceptors (Lipinski definition) is 3. The molecule has 0 saturated carbocycles. The lowest BCUT2D eigenvalue weighted by molar-refractivity contribution is -0.114. The third kappa shape index (κ3) is 2.93. The molecule has 1 amide bonds. The van der Waals surface area contributed by atoms with Crippen LogP contribution >= 0.6 is 11.6 Å². The Balaban J connectivity index is 1.43. The van der Waals surface area contributed by atoms with Gasteiger partial charge in [-0.1, -0.05) is 48.0 Å². The van der Waals surface area contributed by atoms with Crippen LogP contribution < -0.4 is 9.64 Å². The Bertz CT molecular complexity index is 1010. The lowest BCUT2D eigenvalue weighted by atomic mass is 10.1. The van der Waals surface area contributed by atoms with Crippen molar-refractivity contribution in [1.82, 2.24) is 0 Å². The van der Waals surface area contributed by atoms with Crippen LogP contribution in [-0.2, 0) is 4.79 Å². The zero-order valence-corrected chi connectivity index (χ0v) is 14.7. The molecule has 1 aliphatic heterocycles. The number of carbonyl (C=O) groups is 2. The van der Waals surface area contributed by atoms with Gasteiger partial charge in [0.05, 0.1) is 17.9 Å². The van der Waals surface area contributed by atoms with Crippen LogP contribution in [0.25, 0.3) is 10.8 Å². The molecule has 130 valence electrons. The Morgan fingerprint density at radius 3 is 2.65 bits per heavy atom. The minimum absolute atomic E-state index is 0.373. The average molecular weight is 366 g/mol. The predicted octanol–water partition coefficient (Wildman–Crippen LogP) is 4.49. The van der Waals surface area contributed by atoms with Gasteiger partial charge in [0.2, 0.25) is 0 Å². The monoisotopic (exact) mass is 365 g/mol. The van der Waals surface area contributed by atoms with Crippen molar-refractivity contribution in [2.75, 3.05) is 18.1 Å². The molecule has 4 rings (SSSR count). The molecule has 0 saturated heterocycles. The van der Waals surface area contributed by atoms with E-state index < -0.39 is 11.7 Å². The van der Waals surface area contributed by atoms with E-state index in [2.05, 4.69) is 0 Å². The molecule has 3 aromatic rings. The van der Waals surface area contributed by atoms with Gasteiger partial charge in [-0.2, -0.15) is 0 Å². The van der Waals surface area contributed by atoms with Crippen molar-refractivity contribution in [3.8, 4) is 5.75 Å². The molecular weight excluding hydrogens is 350 g/mol. The normalized spacial score (nSPS) is 13.3. The SMILES string of the molecule is O=C1C(=O)N(CCCOc2cccc3ccccc23)c2ccc(Cl)cc21. The van der Waals surface area contributed by atoms with E-state index in [1.165, 1.54) is 4.90 Å². The number of nitrogens with zero attached hydrogens (tertiary/aromatic N) is 1. The molecule has 26 heavy (non-hydrogen) atoms. The van der Waals surface area contributed by atoms with E-state index in [9.17, 15) is 9.59 Å². The summed E-state index contributed by atoms with van der Waals surface area (Å²) in [5.41, 5.74) is 0.993. The van der Waals surface area contributed by atoms with Crippen molar-refractivity contribution in [2.45, 2.75) is 6.42 Å². The van der Waals surface area contributed by atoms with E-state index in [0.29, 0.717) is 35.8 Å². The van der Waals surface area contributed by atoms with Crippen LogP contribution in [0, 0.1) is 0 Å². The van der Waals surface area contributed by atoms with Gasteiger partial charge in [0.25, 0.3) is 11.7 Å². The van der Waals surface area contributed by atoms with Crippen LogP contribution in [0.1, 0.15) is 16.8 Å². The van der Waals surface area contributed by atoms with Gasteiger partial charge in [0, 0.05) is 17.0 Å². The number of fused-ring (bicyclic) bond motifs is 2. The number of amides is 1. The highest BCUT2D eigenvalue weighted by Gasteiger charge is 2.35. The van der Waals surface area contributed by atoms with Gasteiger partial charge in [0.1, 0.15) is 5.75 Å². The summed E-state index contributed by atoms with van der Waals surface area (Å²) in [5, 5.41) is 2.63. The molecule has 0 aromatic heterocycles. The number of hydrogen-bond donors (Lipinski definition) is 0. The molecule has 0 atom stereocenters. The van der Waals surface area contributed by atoms with Crippen molar-refractivity contribution >= 4 is 39.8 Å². The second kappa shape index (κ2) is 6.81. The second-order valence-corrected chi connectivity index (χ2v) is 6.56. The Morgan fingerprint density at radius 1 is 0.962 bits per heavy atom. The molecule has 1 aliphatic rings. The quantitative estimate of drug-likeness (QED) is 0.494. The van der Waals surface area contributed by atoms with Gasteiger partial charge < -0.3 is 9.64 Å². The van der Waals surface area contributed by atoms with E-state index in [0.717, 1.165) is 16.5 Å². The number of anilines is 1. The summed E-state index contributed by atoms with van der Waals surface area (Å²) in [7, 11) is 0. The third-order valence-corrected chi connectivity index (χ3v) is 4.70. The molecule has 1 heterocycles. The summed E-state index contributed by atoms with van der Waals surface area (Å²) in [5.74, 6) is -0.191. The molecule has 4 nitrogen and oxygen atoms in total. The smallest absolute Gasteiger partial charge is 0.299 e. The highest BCUT2D eigenvalue weighted by Crippen LogP contribution is 2.31. The Hall–Kier alpha value is -2.85. The molecule has 0 fully saturated rings. The molecule has 5 heteroatoms. The largest absolute Gasteiger partial charge is 0.493 e. The Labute approximate surface area is 155 Å². The maximum absolute atomic E-state index is 12.2. The fourth-order valence-corrected chi connectivity index (χ4v) is 3.39. The maximum Gasteiger partial charge on any atom is 0.299 e. The van der Waals surface area contributed by atoms with Crippen LogP contribution in [0.15, 0.2) is 60.7 Å². The van der Waals surface area contributed by atoms with Crippen LogP contribution in [-0.4, -0.2) is 24.8 Å². The summed E-state index contributed by atoms with van der Waals surface area (Å²) in [4.78, 5) is 25.8. The van der Waals surface area contributed by atoms with Crippen LogP contribution in [0.5, 0.6) is 5.75 Å². The molecule has 0 unspecified atom stereocenters. The van der Waals surface area contributed by atoms with Crippen molar-refractivity contribution in [2.24, 2.45) is 0 Å². The van der Waals surface area contributed by atoms with E-state index in [4.69, 9.17) is 16.3 Å². The molecule has 0 aliphatic carbocycles. The first-order valence-corrected chi connectivity index (χ1v) is 8.79. The number of halogens is 1. The second-order valence-electron chi connectivity index (χ2n) is 6.13. The number of carbonyl (C=O) groups excluding carboxylic acids is 2. The number of rotatable bonds is 5. The van der Waals surface area contributed by atoms with Gasteiger partial charge in [-0.05, 0) is 36.1 Å². The molecule has 0 radical (unpaired) electrons. The summed E-state index contributed by atoms with van der Waals surface area (Å²) < 4.78 is 5.90. The standard InChI is InChI=1S/C21H16ClNO3/c22-15-9-10-18-17(13-15)20(24)21(25)23(18)11-4-12-26-19-8-3-6-14-5-1-2-7-16(14)19/h1-3,5-10,13H,4,11-12H2. The van der Waals surface area contributed by atoms with Crippen LogP contribution in [0.2, 0.25) is 5.02 Å². The lowest BCUT2D eigenvalue weighted by Crippen LogP contribution is -2.31. The molecule has 0 spiro atoms. The van der Waals surface area contributed by atoms with Gasteiger partial charge in [-0.25, -0.2) is 0 Å². The zero-order chi connectivity index (χ0) is 18.1. The van der Waals surface area contributed by atoms with E-state index >= 15 is 0 Å². The number of Topliss-reactive ketones (excluding diaryl/α,β-unsaturated/α-hetero) is 1. The number of benzene rings is 3. The topological polar surface area (TPSA) is 46.6 Å². The van der Waals surface area contributed by atoms with Gasteiger partial charge in [-0.15, -0.1) is 0 Å². The van der Waals surface area contributed by atoms with E-state index in [-0.39, 0.29) is 0 Å². The first-order chi connectivity index (χ1) is 12.6. The van der Waals surface area contributed by atoms with Crippen molar-refractivity contribution in [3.05, 3.63) is 71.2 Å². The number of ether oxygens (including phenoxy) is 1. The van der Waals surface area contributed by atoms with Crippen molar-refractivity contribution in [3.63, 3.8) is 0 Å². The summed E-state index contributed by atoms with van der Waals surface area (Å²) >= 11 is 5.92. The Kier molecular flexibility index (Phi) is 4.35. The van der Waals surface area contributed by atoms with Crippen LogP contribution in [0.3, 0.4) is 0 Å². The van der Waals surface area contributed by atoms with Gasteiger partial charge in [0.15, 0.2) is 0 Å². The minimum atomic E-state index is -0.507. The van der Waals surface area contributed by atoms with Crippen LogP contribution in [0.4, 0.5) is 5.69 Å². The molecular formula is C21H16ClNO3. The summed E-state index contributed by atoms with van der Waals surface area (Å²) in [6, 6.07) is 18.9. The third-order valence-electron chi connectivity index (χ3n) is 4.47. The Morgan fingerprint density at radius 2 is 1.77 bits per heavy atom. The fourth-order valence-electron chi connectivity index (χ4n) is 3.22. The zero-order valence-electron chi connectivity index (χ0n) is 13.9. The minimum Gasteiger partial charge on any atom is -0.493 e. The molecule has 0 N–H and O–H groups in total. The van der Waals surface area contributed by atoms with Crippen molar-refractivity contribution in [1.29, 1.82) is 0 Å². The molecule has 0 bridgehead atoms. The van der Waals surface area contributed by atoms with Crippen molar-refractivity contribution < 1.29 is 14.3 Å². The highest BCUT2D eigenvalue weighted by atomic mass is 35.5. The highest BCUT2D eigenvalue weighted by molar-refractivity contribution is 6.52. The number of ketones is 1. The maximum atomic E-state index is 12.2. The van der Waals surface area contributed by atoms with Gasteiger partial charge >= 0.3 is 0 Å².